The Balaban J connectivity index is 1.83. The van der Waals surface area contributed by atoms with Gasteiger partial charge in [-0.1, -0.05) is 0 Å². The van der Waals surface area contributed by atoms with Crippen LogP contribution in [0.15, 0.2) is 46.9 Å². The van der Waals surface area contributed by atoms with Crippen LogP contribution in [0, 0.1) is 6.92 Å². The van der Waals surface area contributed by atoms with E-state index >= 15 is 0 Å². The molecular formula is C20H18O6. The van der Waals surface area contributed by atoms with Crippen molar-refractivity contribution in [3.63, 3.8) is 0 Å². The fourth-order valence-corrected chi connectivity index (χ4v) is 2.58. The van der Waals surface area contributed by atoms with Crippen molar-refractivity contribution >= 4 is 22.9 Å². The Morgan fingerprint density at radius 3 is 2.35 bits per heavy atom. The second-order valence-electron chi connectivity index (χ2n) is 5.55. The van der Waals surface area contributed by atoms with Crippen molar-refractivity contribution in [3.05, 3.63) is 59.4 Å². The van der Waals surface area contributed by atoms with E-state index in [9.17, 15) is 9.59 Å². The zero-order chi connectivity index (χ0) is 18.7. The second-order valence-corrected chi connectivity index (χ2v) is 5.55. The molecule has 1 heterocycles. The van der Waals surface area contributed by atoms with Crippen LogP contribution in [0.5, 0.6) is 11.5 Å². The Bertz CT molecular complexity index is 952. The number of ether oxygens (including phenoxy) is 3. The maximum atomic E-state index is 12.5. The van der Waals surface area contributed by atoms with E-state index in [1.54, 1.807) is 19.1 Å². The summed E-state index contributed by atoms with van der Waals surface area (Å²) >= 11 is 0. The zero-order valence-electron chi connectivity index (χ0n) is 14.7. The van der Waals surface area contributed by atoms with E-state index < -0.39 is 11.9 Å². The zero-order valence-corrected chi connectivity index (χ0v) is 14.7. The summed E-state index contributed by atoms with van der Waals surface area (Å²) in [6.45, 7) is 4.25. The highest BCUT2D eigenvalue weighted by molar-refractivity contribution is 5.97. The van der Waals surface area contributed by atoms with Crippen molar-refractivity contribution in [1.82, 2.24) is 0 Å². The van der Waals surface area contributed by atoms with E-state index in [1.165, 1.54) is 31.4 Å². The Morgan fingerprint density at radius 2 is 1.69 bits per heavy atom. The van der Waals surface area contributed by atoms with Crippen LogP contribution in [0.25, 0.3) is 11.0 Å². The number of fused-ring (bicyclic) bond motifs is 1. The molecule has 3 aromatic rings. The van der Waals surface area contributed by atoms with Gasteiger partial charge >= 0.3 is 11.9 Å². The minimum Gasteiger partial charge on any atom is -0.494 e. The first kappa shape index (κ1) is 17.5. The van der Waals surface area contributed by atoms with Crippen LogP contribution >= 0.6 is 0 Å². The van der Waals surface area contributed by atoms with Crippen LogP contribution in [0.3, 0.4) is 0 Å². The summed E-state index contributed by atoms with van der Waals surface area (Å²) in [6, 6.07) is 11.5. The predicted molar refractivity (Wildman–Crippen MR) is 94.9 cm³/mol. The van der Waals surface area contributed by atoms with Gasteiger partial charge in [0.05, 0.1) is 19.3 Å². The summed E-state index contributed by atoms with van der Waals surface area (Å²) < 4.78 is 21.1. The summed E-state index contributed by atoms with van der Waals surface area (Å²) in [4.78, 5) is 23.9. The normalized spacial score (nSPS) is 10.6. The molecule has 0 saturated carbocycles. The van der Waals surface area contributed by atoms with Gasteiger partial charge in [-0.15, -0.1) is 0 Å². The van der Waals surface area contributed by atoms with Gasteiger partial charge in [-0.05, 0) is 56.3 Å². The molecule has 0 bridgehead atoms. The Kier molecular flexibility index (Phi) is 4.93. The maximum Gasteiger partial charge on any atom is 0.379 e. The first-order valence-corrected chi connectivity index (χ1v) is 8.10. The van der Waals surface area contributed by atoms with Crippen LogP contribution in [-0.2, 0) is 4.74 Å². The standard InChI is InChI=1S/C20H18O6/c1-4-24-15-9-10-17-16(11-15)12(2)18(26-17)20(22)25-14-7-5-13(6-8-14)19(21)23-3/h5-11H,4H2,1-3H3. The lowest BCUT2D eigenvalue weighted by molar-refractivity contribution is 0.0600. The Morgan fingerprint density at radius 1 is 1.00 bits per heavy atom. The van der Waals surface area contributed by atoms with Gasteiger partial charge in [0, 0.05) is 10.9 Å². The van der Waals surface area contributed by atoms with Gasteiger partial charge in [0.1, 0.15) is 17.1 Å². The fourth-order valence-electron chi connectivity index (χ4n) is 2.58. The van der Waals surface area contributed by atoms with E-state index in [0.29, 0.717) is 34.8 Å². The number of methoxy groups -OCH3 is 1. The van der Waals surface area contributed by atoms with Crippen LogP contribution in [0.2, 0.25) is 0 Å². The van der Waals surface area contributed by atoms with Gasteiger partial charge in [0.25, 0.3) is 0 Å². The van der Waals surface area contributed by atoms with E-state index in [4.69, 9.17) is 13.9 Å². The van der Waals surface area contributed by atoms with E-state index in [0.717, 1.165) is 5.39 Å². The first-order valence-electron chi connectivity index (χ1n) is 8.10. The monoisotopic (exact) mass is 354 g/mol. The van der Waals surface area contributed by atoms with E-state index in [-0.39, 0.29) is 5.76 Å². The van der Waals surface area contributed by atoms with Gasteiger partial charge in [-0.25, -0.2) is 9.59 Å². The van der Waals surface area contributed by atoms with Crippen molar-refractivity contribution in [2.75, 3.05) is 13.7 Å². The minimum absolute atomic E-state index is 0.130. The SMILES string of the molecule is CCOc1ccc2oc(C(=O)Oc3ccc(C(=O)OC)cc3)c(C)c2c1. The number of carbonyl (C=O) groups is 2. The smallest absolute Gasteiger partial charge is 0.379 e. The molecule has 0 aliphatic rings. The van der Waals surface area contributed by atoms with Crippen molar-refractivity contribution in [2.24, 2.45) is 0 Å². The lowest BCUT2D eigenvalue weighted by Gasteiger charge is -2.04. The van der Waals surface area contributed by atoms with Crippen molar-refractivity contribution in [3.8, 4) is 11.5 Å². The first-order chi connectivity index (χ1) is 12.5. The van der Waals surface area contributed by atoms with Gasteiger partial charge in [0.15, 0.2) is 0 Å². The number of rotatable bonds is 5. The highest BCUT2D eigenvalue weighted by Gasteiger charge is 2.20. The molecule has 134 valence electrons. The number of esters is 2. The summed E-state index contributed by atoms with van der Waals surface area (Å²) in [5.74, 6) is 0.0778. The van der Waals surface area contributed by atoms with Crippen molar-refractivity contribution < 1.29 is 28.2 Å². The molecule has 0 N–H and O–H groups in total. The average molecular weight is 354 g/mol. The molecule has 0 fully saturated rings. The number of hydrogen-bond donors (Lipinski definition) is 0. The molecule has 0 aliphatic heterocycles. The molecule has 6 heteroatoms. The molecule has 0 radical (unpaired) electrons. The maximum absolute atomic E-state index is 12.5. The lowest BCUT2D eigenvalue weighted by Crippen LogP contribution is -2.09. The molecule has 0 saturated heterocycles. The third kappa shape index (κ3) is 3.39. The number of hydrogen-bond acceptors (Lipinski definition) is 6. The largest absolute Gasteiger partial charge is 0.494 e. The van der Waals surface area contributed by atoms with Crippen LogP contribution in [0.4, 0.5) is 0 Å². The number of furan rings is 1. The third-order valence-corrected chi connectivity index (χ3v) is 3.89. The van der Waals surface area contributed by atoms with Crippen LogP contribution in [-0.4, -0.2) is 25.7 Å². The average Bonchev–Trinajstić information content (AvgIpc) is 2.98. The number of aryl methyl sites for hydroxylation is 1. The number of carbonyl (C=O) groups excluding carboxylic acids is 2. The van der Waals surface area contributed by atoms with Gasteiger partial charge in [0.2, 0.25) is 5.76 Å². The summed E-state index contributed by atoms with van der Waals surface area (Å²) in [5, 5.41) is 0.795. The van der Waals surface area contributed by atoms with E-state index in [1.807, 2.05) is 13.0 Å². The van der Waals surface area contributed by atoms with Crippen LogP contribution in [0.1, 0.15) is 33.4 Å². The molecule has 0 aliphatic carbocycles. The highest BCUT2D eigenvalue weighted by Crippen LogP contribution is 2.29. The predicted octanol–water partition coefficient (Wildman–Crippen LogP) is 4.15. The molecule has 0 unspecified atom stereocenters. The molecular weight excluding hydrogens is 336 g/mol. The lowest BCUT2D eigenvalue weighted by atomic mass is 10.1. The quantitative estimate of drug-likeness (QED) is 0.506. The molecule has 0 spiro atoms. The van der Waals surface area contributed by atoms with E-state index in [2.05, 4.69) is 4.74 Å². The molecule has 0 atom stereocenters. The summed E-state index contributed by atoms with van der Waals surface area (Å²) in [6.07, 6.45) is 0. The second kappa shape index (κ2) is 7.31. The molecule has 1 aromatic heterocycles. The molecule has 26 heavy (non-hydrogen) atoms. The highest BCUT2D eigenvalue weighted by atomic mass is 16.5. The molecule has 0 amide bonds. The summed E-state index contributed by atoms with van der Waals surface area (Å²) in [7, 11) is 1.30. The van der Waals surface area contributed by atoms with Crippen molar-refractivity contribution in [2.45, 2.75) is 13.8 Å². The van der Waals surface area contributed by atoms with Crippen molar-refractivity contribution in [1.29, 1.82) is 0 Å². The fraction of sp³-hybridized carbons (Fsp3) is 0.200. The molecule has 2 aromatic carbocycles. The Labute approximate surface area is 150 Å². The minimum atomic E-state index is -0.609. The summed E-state index contributed by atoms with van der Waals surface area (Å²) in [5.41, 5.74) is 1.63. The topological polar surface area (TPSA) is 75.0 Å². The molecule has 3 rings (SSSR count). The van der Waals surface area contributed by atoms with Gasteiger partial charge in [-0.3, -0.25) is 0 Å². The van der Waals surface area contributed by atoms with Gasteiger partial charge < -0.3 is 18.6 Å². The van der Waals surface area contributed by atoms with Crippen LogP contribution < -0.4 is 9.47 Å². The van der Waals surface area contributed by atoms with Gasteiger partial charge in [-0.2, -0.15) is 0 Å². The molecule has 6 nitrogen and oxygen atoms in total. The third-order valence-electron chi connectivity index (χ3n) is 3.89. The Hall–Kier alpha value is -3.28. The number of benzene rings is 2.